The molecule has 0 aliphatic carbocycles. The van der Waals surface area contributed by atoms with Gasteiger partial charge in [-0.3, -0.25) is 4.79 Å². The Balaban J connectivity index is 2.68. The van der Waals surface area contributed by atoms with Crippen LogP contribution < -0.4 is 10.2 Å². The third-order valence-corrected chi connectivity index (χ3v) is 1.76. The lowest BCUT2D eigenvalue weighted by molar-refractivity contribution is 0.0962. The first-order valence-electron chi connectivity index (χ1n) is 3.47. The van der Waals surface area contributed by atoms with Crippen LogP contribution in [-0.2, 0) is 0 Å². The Morgan fingerprint density at radius 1 is 1.50 bits per heavy atom. The van der Waals surface area contributed by atoms with Crippen LogP contribution in [-0.4, -0.2) is 25.3 Å². The molecule has 3 nitrogen and oxygen atoms in total. The number of carbonyl (C=O) groups is 1. The van der Waals surface area contributed by atoms with E-state index in [1.807, 2.05) is 0 Å². The molecular formula is C8H5BO3. The summed E-state index contributed by atoms with van der Waals surface area (Å²) in [5.74, 6) is 0.251. The molecule has 4 heteroatoms. The van der Waals surface area contributed by atoms with E-state index in [2.05, 4.69) is 0 Å². The number of phenolic OH excluding ortho intramolecular Hbond substituents is 1. The predicted molar refractivity (Wildman–Crippen MR) is 43.3 cm³/mol. The van der Waals surface area contributed by atoms with E-state index in [1.165, 1.54) is 12.1 Å². The van der Waals surface area contributed by atoms with E-state index in [4.69, 9.17) is 17.7 Å². The third kappa shape index (κ3) is 0.880. The Hall–Kier alpha value is -1.45. The molecule has 0 amide bonds. The first-order valence-corrected chi connectivity index (χ1v) is 3.47. The molecular weight excluding hydrogens is 155 g/mol. The Labute approximate surface area is 70.4 Å². The Bertz CT molecular complexity index is 360. The minimum absolute atomic E-state index is 0.0148. The standard InChI is InChI=1S/C8H5BO3/c9-5-1-4(10)2-7-8(5)6(11)3-12-7/h1-2,10H,3H2. The Kier molecular flexibility index (Phi) is 1.36. The van der Waals surface area contributed by atoms with E-state index in [1.54, 1.807) is 0 Å². The molecule has 0 bridgehead atoms. The highest BCUT2D eigenvalue weighted by molar-refractivity contribution is 6.37. The van der Waals surface area contributed by atoms with E-state index >= 15 is 0 Å². The largest absolute Gasteiger partial charge is 0.508 e. The molecule has 0 unspecified atom stereocenters. The highest BCUT2D eigenvalue weighted by atomic mass is 16.5. The molecule has 0 atom stereocenters. The molecule has 2 rings (SSSR count). The van der Waals surface area contributed by atoms with Crippen molar-refractivity contribution in [2.24, 2.45) is 0 Å². The minimum atomic E-state index is -0.137. The highest BCUT2D eigenvalue weighted by Crippen LogP contribution is 2.26. The van der Waals surface area contributed by atoms with Gasteiger partial charge < -0.3 is 9.84 Å². The average Bonchev–Trinajstić information content (AvgIpc) is 2.31. The van der Waals surface area contributed by atoms with Crippen molar-refractivity contribution >= 4 is 19.1 Å². The van der Waals surface area contributed by atoms with Crippen LogP contribution in [0.3, 0.4) is 0 Å². The molecule has 0 saturated heterocycles. The molecule has 1 aliphatic rings. The van der Waals surface area contributed by atoms with Crippen molar-refractivity contribution in [3.05, 3.63) is 17.7 Å². The molecule has 1 N–H and O–H groups in total. The van der Waals surface area contributed by atoms with Gasteiger partial charge in [0.1, 0.15) is 19.3 Å². The maximum Gasteiger partial charge on any atom is 0.203 e. The van der Waals surface area contributed by atoms with Gasteiger partial charge in [-0.05, 0) is 6.07 Å². The van der Waals surface area contributed by atoms with Gasteiger partial charge in [-0.15, -0.1) is 0 Å². The normalized spacial score (nSPS) is 14.2. The molecule has 1 aromatic rings. The van der Waals surface area contributed by atoms with E-state index in [9.17, 15) is 4.79 Å². The monoisotopic (exact) mass is 160 g/mol. The first kappa shape index (κ1) is 7.22. The van der Waals surface area contributed by atoms with Crippen LogP contribution in [0.25, 0.3) is 0 Å². The topological polar surface area (TPSA) is 46.5 Å². The van der Waals surface area contributed by atoms with Crippen molar-refractivity contribution in [1.29, 1.82) is 0 Å². The fourth-order valence-electron chi connectivity index (χ4n) is 1.25. The summed E-state index contributed by atoms with van der Waals surface area (Å²) in [7, 11) is 5.50. The van der Waals surface area contributed by atoms with Gasteiger partial charge in [0.15, 0.2) is 6.61 Å². The van der Waals surface area contributed by atoms with Crippen molar-refractivity contribution in [2.45, 2.75) is 0 Å². The molecule has 2 radical (unpaired) electrons. The van der Waals surface area contributed by atoms with Crippen LogP contribution in [0.2, 0.25) is 0 Å². The van der Waals surface area contributed by atoms with Gasteiger partial charge in [0, 0.05) is 6.07 Å². The van der Waals surface area contributed by atoms with Crippen molar-refractivity contribution in [3.63, 3.8) is 0 Å². The van der Waals surface area contributed by atoms with Crippen LogP contribution in [0.1, 0.15) is 10.4 Å². The second-order valence-electron chi connectivity index (χ2n) is 2.62. The summed E-state index contributed by atoms with van der Waals surface area (Å²) in [5.41, 5.74) is 0.653. The summed E-state index contributed by atoms with van der Waals surface area (Å²) < 4.78 is 4.98. The molecule has 1 heterocycles. The number of hydrogen-bond donors (Lipinski definition) is 1. The van der Waals surface area contributed by atoms with Gasteiger partial charge in [0.25, 0.3) is 0 Å². The van der Waals surface area contributed by atoms with Crippen molar-refractivity contribution in [2.75, 3.05) is 6.61 Å². The Morgan fingerprint density at radius 3 is 3.00 bits per heavy atom. The van der Waals surface area contributed by atoms with Crippen LogP contribution in [0, 0.1) is 0 Å². The minimum Gasteiger partial charge on any atom is -0.508 e. The summed E-state index contributed by atoms with van der Waals surface area (Å²) in [4.78, 5) is 11.1. The lowest BCUT2D eigenvalue weighted by Gasteiger charge is -2.01. The highest BCUT2D eigenvalue weighted by Gasteiger charge is 2.23. The fraction of sp³-hybridized carbons (Fsp3) is 0.125. The number of Topliss-reactive ketones (excluding diaryl/α,β-unsaturated/α-hetero) is 1. The van der Waals surface area contributed by atoms with E-state index < -0.39 is 0 Å². The number of carbonyl (C=O) groups excluding carboxylic acids is 1. The number of fused-ring (bicyclic) bond motifs is 1. The van der Waals surface area contributed by atoms with Crippen molar-refractivity contribution in [3.8, 4) is 11.5 Å². The maximum atomic E-state index is 11.1. The molecule has 0 spiro atoms. The number of ketones is 1. The number of benzene rings is 1. The zero-order valence-electron chi connectivity index (χ0n) is 6.20. The van der Waals surface area contributed by atoms with Crippen LogP contribution >= 0.6 is 0 Å². The summed E-state index contributed by atoms with van der Waals surface area (Å²) in [6.45, 7) is 0.0169. The quantitative estimate of drug-likeness (QED) is 0.532. The fourth-order valence-corrected chi connectivity index (χ4v) is 1.25. The number of rotatable bonds is 0. The van der Waals surface area contributed by atoms with Crippen LogP contribution in [0.15, 0.2) is 12.1 Å². The lowest BCUT2D eigenvalue weighted by Crippen LogP contribution is -2.13. The van der Waals surface area contributed by atoms with E-state index in [-0.39, 0.29) is 23.6 Å². The average molecular weight is 160 g/mol. The summed E-state index contributed by atoms with van der Waals surface area (Å²) in [6.07, 6.45) is 0. The van der Waals surface area contributed by atoms with Crippen molar-refractivity contribution in [1.82, 2.24) is 0 Å². The molecule has 0 fully saturated rings. The van der Waals surface area contributed by atoms with Gasteiger partial charge >= 0.3 is 0 Å². The zero-order chi connectivity index (χ0) is 8.72. The SMILES string of the molecule is [B]c1cc(O)cc2c1C(=O)CO2. The molecule has 12 heavy (non-hydrogen) atoms. The molecule has 1 aliphatic heterocycles. The molecule has 0 aromatic heterocycles. The number of ether oxygens (including phenoxy) is 1. The smallest absolute Gasteiger partial charge is 0.203 e. The van der Waals surface area contributed by atoms with Gasteiger partial charge in [-0.1, -0.05) is 5.46 Å². The third-order valence-electron chi connectivity index (χ3n) is 1.76. The molecule has 1 aromatic carbocycles. The zero-order valence-corrected chi connectivity index (χ0v) is 6.20. The van der Waals surface area contributed by atoms with Gasteiger partial charge in [0.05, 0.1) is 5.56 Å². The number of aromatic hydroxyl groups is 1. The lowest BCUT2D eigenvalue weighted by atomic mass is 9.89. The number of phenols is 1. The van der Waals surface area contributed by atoms with Crippen molar-refractivity contribution < 1.29 is 14.6 Å². The number of hydrogen-bond acceptors (Lipinski definition) is 3. The summed E-state index contributed by atoms with van der Waals surface area (Å²) >= 11 is 0. The van der Waals surface area contributed by atoms with Gasteiger partial charge in [0.2, 0.25) is 5.78 Å². The molecule has 58 valence electrons. The predicted octanol–water partition coefficient (Wildman–Crippen LogP) is -0.239. The second-order valence-corrected chi connectivity index (χ2v) is 2.62. The van der Waals surface area contributed by atoms with E-state index in [0.717, 1.165) is 0 Å². The van der Waals surface area contributed by atoms with E-state index in [0.29, 0.717) is 11.3 Å². The summed E-state index contributed by atoms with van der Waals surface area (Å²) in [5, 5.41) is 9.09. The molecule has 0 saturated carbocycles. The Morgan fingerprint density at radius 2 is 2.25 bits per heavy atom. The summed E-state index contributed by atoms with van der Waals surface area (Å²) in [6, 6.07) is 2.72. The van der Waals surface area contributed by atoms with Gasteiger partial charge in [-0.25, -0.2) is 0 Å². The second kappa shape index (κ2) is 2.27. The van der Waals surface area contributed by atoms with Gasteiger partial charge in [-0.2, -0.15) is 0 Å². The first-order chi connectivity index (χ1) is 5.68. The van der Waals surface area contributed by atoms with Crippen LogP contribution in [0.5, 0.6) is 11.5 Å². The maximum absolute atomic E-state index is 11.1. The van der Waals surface area contributed by atoms with Crippen LogP contribution in [0.4, 0.5) is 0 Å².